The fourth-order valence-electron chi connectivity index (χ4n) is 2.24. The van der Waals surface area contributed by atoms with Crippen LogP contribution in [0.4, 0.5) is 13.2 Å². The molecule has 0 N–H and O–H groups in total. The maximum Gasteiger partial charge on any atom is 0.311 e. The average Bonchev–Trinajstić information content (AvgIpc) is 2.86. The van der Waals surface area contributed by atoms with Crippen LogP contribution >= 0.6 is 0 Å². The Labute approximate surface area is 116 Å². The summed E-state index contributed by atoms with van der Waals surface area (Å²) in [5.74, 6) is -0.775. The summed E-state index contributed by atoms with van der Waals surface area (Å²) < 4.78 is 43.0. The van der Waals surface area contributed by atoms with Crippen molar-refractivity contribution in [2.24, 2.45) is 17.3 Å². The number of allylic oxidation sites excluding steroid dienone is 2. The van der Waals surface area contributed by atoms with Gasteiger partial charge in [0.25, 0.3) is 6.08 Å². The normalized spacial score (nSPS) is 25.4. The molecule has 0 aromatic rings. The molecule has 0 aromatic carbocycles. The quantitative estimate of drug-likeness (QED) is 0.567. The second-order valence-electron chi connectivity index (χ2n) is 5.26. The lowest BCUT2D eigenvalue weighted by Gasteiger charge is -2.11. The molecule has 0 saturated heterocycles. The van der Waals surface area contributed by atoms with Crippen molar-refractivity contribution in [1.82, 2.24) is 0 Å². The van der Waals surface area contributed by atoms with Gasteiger partial charge in [0.1, 0.15) is 5.83 Å². The Hall–Kier alpha value is -1.70. The first-order valence-corrected chi connectivity index (χ1v) is 6.30. The number of rotatable bonds is 5. The molecule has 0 spiro atoms. The maximum absolute atomic E-state index is 13.5. The van der Waals surface area contributed by atoms with Crippen molar-refractivity contribution in [3.63, 3.8) is 0 Å². The minimum Gasteiger partial charge on any atom is -0.441 e. The Kier molecular flexibility index (Phi) is 5.04. The molecule has 3 atom stereocenters. The van der Waals surface area contributed by atoms with Crippen molar-refractivity contribution in [3.05, 3.63) is 24.1 Å². The Balaban J connectivity index is 2.76. The molecule has 1 saturated carbocycles. The van der Waals surface area contributed by atoms with Gasteiger partial charge in [-0.3, -0.25) is 4.79 Å². The van der Waals surface area contributed by atoms with Crippen LogP contribution in [0.3, 0.4) is 0 Å². The Bertz CT molecular complexity index is 482. The minimum atomic E-state index is -1.84. The lowest BCUT2D eigenvalue weighted by atomic mass is 10.1. The average molecular weight is 286 g/mol. The van der Waals surface area contributed by atoms with E-state index in [0.717, 1.165) is 6.08 Å². The highest BCUT2D eigenvalue weighted by molar-refractivity contribution is 5.78. The van der Waals surface area contributed by atoms with Gasteiger partial charge in [-0.05, 0) is 24.0 Å². The van der Waals surface area contributed by atoms with Crippen molar-refractivity contribution in [2.75, 3.05) is 0 Å². The summed E-state index contributed by atoms with van der Waals surface area (Å²) in [4.78, 5) is 11.9. The first kappa shape index (κ1) is 16.4. The molecule has 1 aliphatic carbocycles. The lowest BCUT2D eigenvalue weighted by Crippen LogP contribution is -2.20. The number of halogens is 3. The number of hydrogen-bond donors (Lipinski definition) is 0. The van der Waals surface area contributed by atoms with Gasteiger partial charge in [0.2, 0.25) is 6.10 Å². The highest BCUT2D eigenvalue weighted by Crippen LogP contribution is 2.60. The topological polar surface area (TPSA) is 26.3 Å². The Morgan fingerprint density at radius 2 is 2.05 bits per heavy atom. The zero-order chi connectivity index (χ0) is 15.5. The molecule has 0 aromatic heterocycles. The molecule has 0 aliphatic heterocycles. The number of ether oxygens (including phenoxy) is 1. The molecule has 1 fully saturated rings. The standard InChI is InChI=1S/C15H17F3O2/c1-5-7-10(16)11(6-2)20-14(19)13-9(8-12(17)18)15(13,3)4/h2,7-9,11,13H,5H2,1,3-4H3. The van der Waals surface area contributed by atoms with Crippen molar-refractivity contribution >= 4 is 5.97 Å². The van der Waals surface area contributed by atoms with Crippen LogP contribution in [0.1, 0.15) is 27.2 Å². The molecular formula is C15H17F3O2. The van der Waals surface area contributed by atoms with E-state index in [-0.39, 0.29) is 0 Å². The summed E-state index contributed by atoms with van der Waals surface area (Å²) in [7, 11) is 0. The highest BCUT2D eigenvalue weighted by Gasteiger charge is 2.62. The second kappa shape index (κ2) is 6.17. The van der Waals surface area contributed by atoms with Crippen LogP contribution in [-0.2, 0) is 9.53 Å². The molecule has 0 amide bonds. The van der Waals surface area contributed by atoms with E-state index in [4.69, 9.17) is 11.2 Å². The molecule has 3 unspecified atom stereocenters. The summed E-state index contributed by atoms with van der Waals surface area (Å²) in [6, 6.07) is 0. The van der Waals surface area contributed by atoms with Crippen LogP contribution < -0.4 is 0 Å². The van der Waals surface area contributed by atoms with E-state index >= 15 is 0 Å². The largest absolute Gasteiger partial charge is 0.441 e. The number of carbonyl (C=O) groups is 1. The van der Waals surface area contributed by atoms with Crippen molar-refractivity contribution < 1.29 is 22.7 Å². The Morgan fingerprint density at radius 1 is 1.45 bits per heavy atom. The van der Waals surface area contributed by atoms with Gasteiger partial charge in [0, 0.05) is 5.92 Å². The van der Waals surface area contributed by atoms with Gasteiger partial charge >= 0.3 is 5.97 Å². The summed E-state index contributed by atoms with van der Waals surface area (Å²) in [6.45, 7) is 5.06. The minimum absolute atomic E-state index is 0.412. The number of carbonyl (C=O) groups excluding carboxylic acids is 1. The summed E-state index contributed by atoms with van der Waals surface area (Å²) in [5, 5.41) is 0. The van der Waals surface area contributed by atoms with Gasteiger partial charge in [-0.25, -0.2) is 4.39 Å². The van der Waals surface area contributed by atoms with Crippen LogP contribution in [0.5, 0.6) is 0 Å². The van der Waals surface area contributed by atoms with Crippen molar-refractivity contribution in [1.29, 1.82) is 0 Å². The summed E-state index contributed by atoms with van der Waals surface area (Å²) >= 11 is 0. The van der Waals surface area contributed by atoms with Gasteiger partial charge in [-0.1, -0.05) is 26.7 Å². The van der Waals surface area contributed by atoms with Crippen LogP contribution in [0.2, 0.25) is 0 Å². The molecule has 0 radical (unpaired) electrons. The predicted octanol–water partition coefficient (Wildman–Crippen LogP) is 3.85. The number of esters is 1. The molecule has 0 heterocycles. The molecule has 0 bridgehead atoms. The SMILES string of the molecule is C#CC(OC(=O)C1C(C=C(F)F)C1(C)C)C(F)=CCC. The first-order valence-electron chi connectivity index (χ1n) is 6.30. The first-order chi connectivity index (χ1) is 9.25. The van der Waals surface area contributed by atoms with E-state index in [2.05, 4.69) is 0 Å². The van der Waals surface area contributed by atoms with Crippen LogP contribution in [0, 0.1) is 29.6 Å². The third-order valence-electron chi connectivity index (χ3n) is 3.51. The number of hydrogen-bond acceptors (Lipinski definition) is 2. The Morgan fingerprint density at radius 3 is 2.50 bits per heavy atom. The van der Waals surface area contributed by atoms with Crippen molar-refractivity contribution in [3.8, 4) is 12.3 Å². The van der Waals surface area contributed by atoms with Crippen LogP contribution in [0.15, 0.2) is 24.1 Å². The van der Waals surface area contributed by atoms with Gasteiger partial charge in [-0.2, -0.15) is 8.78 Å². The van der Waals surface area contributed by atoms with Crippen LogP contribution in [-0.4, -0.2) is 12.1 Å². The van der Waals surface area contributed by atoms with E-state index in [9.17, 15) is 18.0 Å². The predicted molar refractivity (Wildman–Crippen MR) is 69.3 cm³/mol. The molecular weight excluding hydrogens is 269 g/mol. The van der Waals surface area contributed by atoms with E-state index < -0.39 is 41.2 Å². The zero-order valence-electron chi connectivity index (χ0n) is 11.6. The summed E-state index contributed by atoms with van der Waals surface area (Å²) in [6.07, 6.45) is 4.24. The summed E-state index contributed by atoms with van der Waals surface area (Å²) in [5.41, 5.74) is -0.634. The van der Waals surface area contributed by atoms with E-state index in [1.54, 1.807) is 20.8 Å². The fraction of sp³-hybridized carbons (Fsp3) is 0.533. The molecule has 1 rings (SSSR count). The second-order valence-corrected chi connectivity index (χ2v) is 5.26. The third-order valence-corrected chi connectivity index (χ3v) is 3.51. The molecule has 2 nitrogen and oxygen atoms in total. The molecule has 20 heavy (non-hydrogen) atoms. The number of terminal acetylenes is 1. The van der Waals surface area contributed by atoms with Gasteiger partial charge in [-0.15, -0.1) is 6.42 Å². The van der Waals surface area contributed by atoms with Gasteiger partial charge in [0.05, 0.1) is 5.92 Å². The van der Waals surface area contributed by atoms with E-state index in [0.29, 0.717) is 6.42 Å². The highest BCUT2D eigenvalue weighted by atomic mass is 19.3. The maximum atomic E-state index is 13.5. The third kappa shape index (κ3) is 3.44. The molecule has 5 heteroatoms. The smallest absolute Gasteiger partial charge is 0.311 e. The van der Waals surface area contributed by atoms with E-state index in [1.165, 1.54) is 6.08 Å². The zero-order valence-corrected chi connectivity index (χ0v) is 11.6. The van der Waals surface area contributed by atoms with Gasteiger partial charge < -0.3 is 4.74 Å². The molecule has 1 aliphatic rings. The lowest BCUT2D eigenvalue weighted by molar-refractivity contribution is -0.148. The monoisotopic (exact) mass is 286 g/mol. The van der Waals surface area contributed by atoms with Gasteiger partial charge in [0.15, 0.2) is 0 Å². The fourth-order valence-corrected chi connectivity index (χ4v) is 2.24. The van der Waals surface area contributed by atoms with E-state index in [1.807, 2.05) is 5.92 Å². The van der Waals surface area contributed by atoms with Crippen molar-refractivity contribution in [2.45, 2.75) is 33.3 Å². The van der Waals surface area contributed by atoms with Crippen LogP contribution in [0.25, 0.3) is 0 Å². The molecule has 110 valence electrons.